The number of fused-ring (bicyclic) bond motifs is 2. The Morgan fingerprint density at radius 1 is 1.07 bits per heavy atom. The first kappa shape index (κ1) is 19.9. The number of benzene rings is 1. The molecule has 2 heterocycles. The van der Waals surface area contributed by atoms with Gasteiger partial charge >= 0.3 is 0 Å². The van der Waals surface area contributed by atoms with Crippen LogP contribution in [0.15, 0.2) is 48.8 Å². The first-order chi connectivity index (χ1) is 13.1. The van der Waals surface area contributed by atoms with E-state index in [2.05, 4.69) is 4.98 Å². The van der Waals surface area contributed by atoms with E-state index in [1.54, 1.807) is 43.8 Å². The fourth-order valence-electron chi connectivity index (χ4n) is 3.64. The zero-order valence-corrected chi connectivity index (χ0v) is 16.4. The third-order valence-electron chi connectivity index (χ3n) is 4.97. The van der Waals surface area contributed by atoms with Gasteiger partial charge in [-0.25, -0.2) is 9.13 Å². The lowest BCUT2D eigenvalue weighted by atomic mass is 9.90. The van der Waals surface area contributed by atoms with Gasteiger partial charge in [-0.2, -0.15) is 0 Å². The highest BCUT2D eigenvalue weighted by Crippen LogP contribution is 2.27. The monoisotopic (exact) mass is 397 g/mol. The number of pyridine rings is 1. The average Bonchev–Trinajstić information content (AvgIpc) is 2.97. The Hall–Kier alpha value is -2.83. The number of methoxy groups -OCH3 is 1. The smallest absolute Gasteiger partial charge is 0.254 e. The van der Waals surface area contributed by atoms with E-state index in [0.29, 0.717) is 42.2 Å². The molecule has 0 N–H and O–H groups in total. The maximum Gasteiger partial charge on any atom is 0.254 e. The Balaban J connectivity index is 0.00000225. The van der Waals surface area contributed by atoms with Crippen LogP contribution < -0.4 is 17.0 Å². The molecule has 3 aromatic rings. The molecule has 7 heteroatoms. The average molecular weight is 398 g/mol. The highest BCUT2D eigenvalue weighted by Gasteiger charge is 2.42. The van der Waals surface area contributed by atoms with E-state index in [1.165, 1.54) is 0 Å². The van der Waals surface area contributed by atoms with Gasteiger partial charge in [0.25, 0.3) is 5.82 Å². The van der Waals surface area contributed by atoms with Crippen molar-refractivity contribution in [2.45, 2.75) is 20.0 Å². The van der Waals surface area contributed by atoms with Gasteiger partial charge < -0.3 is 17.1 Å². The molecule has 0 fully saturated rings. The molecule has 144 valence electrons. The first-order valence-corrected chi connectivity index (χ1v) is 8.82. The van der Waals surface area contributed by atoms with E-state index >= 15 is 0 Å². The molecular weight excluding hydrogens is 378 g/mol. The number of ketones is 2. The van der Waals surface area contributed by atoms with Crippen LogP contribution in [0.25, 0.3) is 0 Å². The molecule has 0 saturated carbocycles. The van der Waals surface area contributed by atoms with Gasteiger partial charge in [-0.3, -0.25) is 14.6 Å². The number of rotatable bonds is 5. The zero-order chi connectivity index (χ0) is 19.0. The van der Waals surface area contributed by atoms with E-state index in [9.17, 15) is 9.59 Å². The van der Waals surface area contributed by atoms with Crippen molar-refractivity contribution in [3.05, 3.63) is 82.7 Å². The topological polar surface area (TPSA) is 65.1 Å². The molecule has 0 spiro atoms. The molecule has 0 aliphatic heterocycles. The lowest BCUT2D eigenvalue weighted by Crippen LogP contribution is -3.00. The fraction of sp³-hybridized carbons (Fsp3) is 0.238. The molecule has 1 aliphatic carbocycles. The predicted octanol–water partition coefficient (Wildman–Crippen LogP) is -1.05. The summed E-state index contributed by atoms with van der Waals surface area (Å²) in [5, 5.41) is 0. The van der Waals surface area contributed by atoms with Crippen molar-refractivity contribution in [3.63, 3.8) is 0 Å². The summed E-state index contributed by atoms with van der Waals surface area (Å²) in [7, 11) is 1.62. The van der Waals surface area contributed by atoms with Crippen molar-refractivity contribution in [1.29, 1.82) is 0 Å². The second kappa shape index (κ2) is 8.04. The lowest BCUT2D eigenvalue weighted by molar-refractivity contribution is -0.695. The lowest BCUT2D eigenvalue weighted by Gasteiger charge is -2.12. The molecule has 0 bridgehead atoms. The third kappa shape index (κ3) is 3.15. The van der Waals surface area contributed by atoms with Gasteiger partial charge in [0.2, 0.25) is 23.0 Å². The van der Waals surface area contributed by atoms with E-state index in [1.807, 2.05) is 28.2 Å². The Labute approximate surface area is 169 Å². The number of nitrogens with zero attached hydrogens (tertiary/aromatic N) is 3. The van der Waals surface area contributed by atoms with Crippen molar-refractivity contribution < 1.29 is 31.3 Å². The fourth-order valence-corrected chi connectivity index (χ4v) is 3.64. The van der Waals surface area contributed by atoms with Crippen LogP contribution in [0, 0.1) is 6.92 Å². The quantitative estimate of drug-likeness (QED) is 0.403. The molecule has 1 aliphatic rings. The normalized spacial score (nSPS) is 12.4. The van der Waals surface area contributed by atoms with Gasteiger partial charge in [0.1, 0.15) is 13.1 Å². The molecule has 1 aromatic carbocycles. The van der Waals surface area contributed by atoms with E-state index in [0.717, 1.165) is 11.4 Å². The first-order valence-electron chi connectivity index (χ1n) is 8.82. The van der Waals surface area contributed by atoms with E-state index in [4.69, 9.17) is 4.74 Å². The summed E-state index contributed by atoms with van der Waals surface area (Å²) in [6.45, 7) is 3.36. The summed E-state index contributed by atoms with van der Waals surface area (Å²) in [6.07, 6.45) is 3.49. The number of carbonyl (C=O) groups is 2. The second-order valence-corrected chi connectivity index (χ2v) is 6.54. The Morgan fingerprint density at radius 2 is 1.79 bits per heavy atom. The van der Waals surface area contributed by atoms with Crippen LogP contribution in [0.5, 0.6) is 0 Å². The summed E-state index contributed by atoms with van der Waals surface area (Å²) >= 11 is 0. The molecule has 0 saturated heterocycles. The highest BCUT2D eigenvalue weighted by atomic mass is 35.5. The van der Waals surface area contributed by atoms with Gasteiger partial charge in [0.05, 0.1) is 6.61 Å². The maximum atomic E-state index is 13.3. The summed E-state index contributed by atoms with van der Waals surface area (Å²) in [5.74, 6) is 0.600. The minimum Gasteiger partial charge on any atom is -1.00 e. The van der Waals surface area contributed by atoms with Crippen LogP contribution in [0.3, 0.4) is 0 Å². The Morgan fingerprint density at radius 3 is 2.43 bits per heavy atom. The van der Waals surface area contributed by atoms with Crippen LogP contribution >= 0.6 is 0 Å². The largest absolute Gasteiger partial charge is 1.00 e. The third-order valence-corrected chi connectivity index (χ3v) is 4.97. The highest BCUT2D eigenvalue weighted by molar-refractivity contribution is 6.26. The Kier molecular flexibility index (Phi) is 5.72. The molecule has 0 atom stereocenters. The van der Waals surface area contributed by atoms with Crippen LogP contribution in [0.4, 0.5) is 0 Å². The minimum absolute atomic E-state index is 0. The van der Waals surface area contributed by atoms with Crippen molar-refractivity contribution in [2.75, 3.05) is 13.7 Å². The van der Waals surface area contributed by atoms with E-state index < -0.39 is 0 Å². The molecule has 0 amide bonds. The molecule has 4 rings (SSSR count). The summed E-state index contributed by atoms with van der Waals surface area (Å²) < 4.78 is 9.02. The van der Waals surface area contributed by atoms with Crippen LogP contribution in [-0.2, 0) is 17.8 Å². The summed E-state index contributed by atoms with van der Waals surface area (Å²) in [5.41, 5.74) is 2.77. The SMILES string of the molecule is COCCn1c2c([n+](Cc3cccnc3)c1C)C(=O)c1ccccc1C2=O.[Cl-]. The summed E-state index contributed by atoms with van der Waals surface area (Å²) in [4.78, 5) is 30.6. The number of hydrogen-bond acceptors (Lipinski definition) is 4. The van der Waals surface area contributed by atoms with Gasteiger partial charge in [0, 0.05) is 43.1 Å². The number of imidazole rings is 1. The molecule has 6 nitrogen and oxygen atoms in total. The zero-order valence-electron chi connectivity index (χ0n) is 15.7. The van der Waals surface area contributed by atoms with Gasteiger partial charge in [-0.15, -0.1) is 0 Å². The van der Waals surface area contributed by atoms with Gasteiger partial charge in [-0.05, 0) is 6.07 Å². The predicted molar refractivity (Wildman–Crippen MR) is 97.9 cm³/mol. The maximum absolute atomic E-state index is 13.3. The molecule has 0 radical (unpaired) electrons. The van der Waals surface area contributed by atoms with Crippen molar-refractivity contribution >= 4 is 11.6 Å². The van der Waals surface area contributed by atoms with Gasteiger partial charge in [0.15, 0.2) is 0 Å². The molecule has 0 unspecified atom stereocenters. The molecular formula is C21H20ClN3O3. The number of ether oxygens (including phenoxy) is 1. The number of halogens is 1. The van der Waals surface area contributed by atoms with Crippen LogP contribution in [-0.4, -0.2) is 34.8 Å². The van der Waals surface area contributed by atoms with Crippen LogP contribution in [0.1, 0.15) is 43.5 Å². The number of carbonyl (C=O) groups excluding carboxylic acids is 2. The minimum atomic E-state index is -0.122. The van der Waals surface area contributed by atoms with Crippen molar-refractivity contribution in [1.82, 2.24) is 9.55 Å². The second-order valence-electron chi connectivity index (χ2n) is 6.54. The van der Waals surface area contributed by atoms with E-state index in [-0.39, 0.29) is 24.0 Å². The van der Waals surface area contributed by atoms with Crippen molar-refractivity contribution in [3.8, 4) is 0 Å². The van der Waals surface area contributed by atoms with Crippen molar-refractivity contribution in [2.24, 2.45) is 0 Å². The standard InChI is InChI=1S/C21H20N3O3.ClH/c1-14-23(10-11-27-2)18-19(24(14)13-15-6-5-9-22-12-15)21(26)17-8-4-3-7-16(17)20(18)25;/h3-9,12H,10-11,13H2,1-2H3;1H/q+1;/p-1. The van der Waals surface area contributed by atoms with Crippen LogP contribution in [0.2, 0.25) is 0 Å². The van der Waals surface area contributed by atoms with Gasteiger partial charge in [-0.1, -0.05) is 30.3 Å². The Bertz CT molecular complexity index is 1040. The number of hydrogen-bond donors (Lipinski definition) is 0. The molecule has 28 heavy (non-hydrogen) atoms. The number of aromatic nitrogens is 3. The summed E-state index contributed by atoms with van der Waals surface area (Å²) in [6, 6.07) is 10.8. The molecule has 2 aromatic heterocycles.